The van der Waals surface area contributed by atoms with Gasteiger partial charge >= 0.3 is 99.2 Å². The number of allylic oxidation sites excluding steroid dienone is 4. The number of hydrogen-bond acceptors (Lipinski definition) is 0. The van der Waals surface area contributed by atoms with Crippen LogP contribution in [0.1, 0.15) is 56.4 Å². The van der Waals surface area contributed by atoms with Crippen molar-refractivity contribution in [3.8, 4) is 0 Å². The van der Waals surface area contributed by atoms with Crippen LogP contribution in [0, 0.1) is 31.8 Å². The Bertz CT molecular complexity index is 1540. The average molecular weight is 671 g/mol. The van der Waals surface area contributed by atoms with Gasteiger partial charge in [-0.25, -0.2) is 6.08 Å². The molecule has 0 unspecified atom stereocenters. The van der Waals surface area contributed by atoms with Gasteiger partial charge in [0.05, 0.1) is 0 Å². The van der Waals surface area contributed by atoms with Gasteiger partial charge in [0.2, 0.25) is 0 Å². The molecule has 216 valence electrons. The molecule has 0 saturated heterocycles. The normalized spacial score (nSPS) is 12.0. The van der Waals surface area contributed by atoms with Crippen molar-refractivity contribution in [2.24, 2.45) is 11.8 Å². The number of halogens is 2. The van der Waals surface area contributed by atoms with E-state index in [-0.39, 0.29) is 24.8 Å². The molecule has 0 fully saturated rings. The Labute approximate surface area is 280 Å². The number of rotatable bonds is 4. The molecule has 0 nitrogen and oxygen atoms in total. The van der Waals surface area contributed by atoms with Crippen LogP contribution in [0.2, 0.25) is 0 Å². The molecule has 0 heterocycles. The molecule has 5 aromatic carbocycles. The van der Waals surface area contributed by atoms with Gasteiger partial charge in [-0.05, 0) is 19.8 Å². The number of fused-ring (bicyclic) bond motifs is 3. The van der Waals surface area contributed by atoms with Crippen LogP contribution in [-0.4, -0.2) is 3.21 Å². The fourth-order valence-electron chi connectivity index (χ4n) is 5.18. The first-order chi connectivity index (χ1) is 19.2. The van der Waals surface area contributed by atoms with E-state index >= 15 is 0 Å². The Morgan fingerprint density at radius 2 is 1.12 bits per heavy atom. The Morgan fingerprint density at radius 1 is 0.667 bits per heavy atom. The molecule has 1 aliphatic carbocycles. The Balaban J connectivity index is 0.000000218. The Kier molecular flexibility index (Phi) is 14.5. The summed E-state index contributed by atoms with van der Waals surface area (Å²) in [6.07, 6.45) is 6.51. The van der Waals surface area contributed by atoms with Crippen molar-refractivity contribution < 1.29 is 49.0 Å². The van der Waals surface area contributed by atoms with Gasteiger partial charge in [0.15, 0.2) is 0 Å². The topological polar surface area (TPSA) is 0 Å². The second-order valence-electron chi connectivity index (χ2n) is 11.2. The summed E-state index contributed by atoms with van der Waals surface area (Å²) in [5.74, 6) is 1.36. The first-order valence-corrected chi connectivity index (χ1v) is 15.5. The first-order valence-electron chi connectivity index (χ1n) is 14.3. The van der Waals surface area contributed by atoms with Gasteiger partial charge in [-0.15, -0.1) is 46.2 Å². The summed E-state index contributed by atoms with van der Waals surface area (Å²) in [5, 5.41) is 5.46. The van der Waals surface area contributed by atoms with E-state index in [0.29, 0.717) is 11.8 Å². The second kappa shape index (κ2) is 17.0. The predicted octanol–water partition coefficient (Wildman–Crippen LogP) is 4.50. The van der Waals surface area contributed by atoms with E-state index in [0.717, 1.165) is 6.42 Å². The fraction of sp³-hybridized carbons (Fsp3) is 0.231. The van der Waals surface area contributed by atoms with Crippen molar-refractivity contribution in [1.82, 2.24) is 0 Å². The second-order valence-corrected chi connectivity index (χ2v) is 12.5. The van der Waals surface area contributed by atoms with Crippen molar-refractivity contribution in [2.75, 3.05) is 0 Å². The zero-order valence-electron chi connectivity index (χ0n) is 25.5. The summed E-state index contributed by atoms with van der Waals surface area (Å²) in [6.45, 7) is 13.3. The zero-order valence-corrected chi connectivity index (χ0v) is 29.5. The summed E-state index contributed by atoms with van der Waals surface area (Å²) < 4.78 is 1.42. The van der Waals surface area contributed by atoms with Crippen molar-refractivity contribution in [2.45, 2.75) is 48.0 Å². The van der Waals surface area contributed by atoms with Crippen LogP contribution < -0.4 is 24.8 Å². The van der Waals surface area contributed by atoms with Gasteiger partial charge in [-0.2, -0.15) is 11.1 Å². The zero-order chi connectivity index (χ0) is 28.6. The van der Waals surface area contributed by atoms with Gasteiger partial charge in [0.25, 0.3) is 0 Å². The molecule has 0 N–H and O–H groups in total. The van der Waals surface area contributed by atoms with E-state index in [1.54, 1.807) is 5.57 Å². The van der Waals surface area contributed by atoms with Crippen molar-refractivity contribution >= 4 is 24.8 Å². The third-order valence-electron chi connectivity index (χ3n) is 7.38. The molecule has 0 radical (unpaired) electrons. The van der Waals surface area contributed by atoms with E-state index in [4.69, 9.17) is 0 Å². The Hall–Kier alpha value is -2.44. The maximum atomic E-state index is 3.29. The monoisotopic (exact) mass is 668 g/mol. The van der Waals surface area contributed by atoms with Crippen LogP contribution >= 0.6 is 0 Å². The number of benzene rings is 4. The Morgan fingerprint density at radius 3 is 1.50 bits per heavy atom. The molecular weight excluding hydrogens is 631 g/mol. The molecule has 3 heteroatoms. The van der Waals surface area contributed by atoms with Crippen molar-refractivity contribution in [3.63, 3.8) is 0 Å². The molecule has 0 amide bonds. The molecule has 5 aromatic rings. The molecule has 0 spiro atoms. The van der Waals surface area contributed by atoms with Gasteiger partial charge < -0.3 is 24.8 Å². The van der Waals surface area contributed by atoms with E-state index in [2.05, 4.69) is 157 Å². The van der Waals surface area contributed by atoms with Crippen LogP contribution in [-0.2, 0) is 24.2 Å². The molecule has 0 atom stereocenters. The summed E-state index contributed by atoms with van der Waals surface area (Å²) in [6, 6.07) is 36.7. The quantitative estimate of drug-likeness (QED) is 0.248. The third-order valence-corrected chi connectivity index (χ3v) is 8.80. The third kappa shape index (κ3) is 9.28. The molecule has 1 aliphatic rings. The van der Waals surface area contributed by atoms with Gasteiger partial charge in [0, 0.05) is 0 Å². The summed E-state index contributed by atoms with van der Waals surface area (Å²) in [7, 11) is 0. The van der Waals surface area contributed by atoms with Crippen LogP contribution in [0.5, 0.6) is 0 Å². The van der Waals surface area contributed by atoms with Crippen LogP contribution in [0.15, 0.2) is 120 Å². The minimum atomic E-state index is 0. The maximum absolute atomic E-state index is 3.29. The van der Waals surface area contributed by atoms with E-state index in [9.17, 15) is 0 Å². The molecule has 0 bridgehead atoms. The summed E-state index contributed by atoms with van der Waals surface area (Å²) in [4.78, 5) is 0. The average Bonchev–Trinajstić information content (AvgIpc) is 3.59. The van der Waals surface area contributed by atoms with Gasteiger partial charge in [-0.1, -0.05) is 69.0 Å². The van der Waals surface area contributed by atoms with E-state index < -0.39 is 0 Å². The SMILES string of the molecule is CC(C)C1=C(C(C)C)C[C-]=C1.Cc1ccc2c(c1)[cH-]c1cc(C)ccc12.[Cl-].[Cl-].[Zr+2]=[C](c1ccccc1)c1ccccc1. The number of aryl methyl sites for hydroxylation is 2. The molecule has 6 rings (SSSR count). The molecule has 0 aromatic heterocycles. The van der Waals surface area contributed by atoms with Crippen molar-refractivity contribution in [1.29, 1.82) is 0 Å². The fourth-order valence-corrected chi connectivity index (χ4v) is 6.00. The standard InChI is InChI=1S/C15H13.C13H10.C11H17.2ClH.Zr/c1-10-3-5-14-12(7-10)9-13-8-11(2)4-6-15(13)14;1-3-7-12(8-4-1)11-13-9-5-2-6-10-13;1-8(2)10-6-5-7-11(10)9(3)4;;;/h3-9H,1-2H3;1-10H;6,8-9H,7H2,1-4H3;2*1H;/q-1;;-1;;;+2/p-2. The first kappa shape index (κ1) is 35.8. The number of hydrogen-bond donors (Lipinski definition) is 0. The summed E-state index contributed by atoms with van der Waals surface area (Å²) in [5.41, 5.74) is 8.41. The molecule has 42 heavy (non-hydrogen) atoms. The van der Waals surface area contributed by atoms with Gasteiger partial charge in [0.1, 0.15) is 0 Å². The minimum absolute atomic E-state index is 0. The molecule has 0 aliphatic heterocycles. The van der Waals surface area contributed by atoms with E-state index in [1.807, 2.05) is 0 Å². The van der Waals surface area contributed by atoms with Crippen LogP contribution in [0.4, 0.5) is 0 Å². The molecule has 0 saturated carbocycles. The predicted molar refractivity (Wildman–Crippen MR) is 172 cm³/mol. The molecular formula is C39H40Cl2Zr-2. The van der Waals surface area contributed by atoms with Crippen LogP contribution in [0.25, 0.3) is 21.5 Å². The van der Waals surface area contributed by atoms with Gasteiger partial charge in [-0.3, -0.25) is 6.08 Å². The van der Waals surface area contributed by atoms with Crippen molar-refractivity contribution in [3.05, 3.63) is 149 Å². The van der Waals surface area contributed by atoms with Crippen LogP contribution in [0.3, 0.4) is 0 Å². The van der Waals surface area contributed by atoms with E-state index in [1.165, 1.54) is 76.8 Å². The summed E-state index contributed by atoms with van der Waals surface area (Å²) >= 11 is 1.46.